The average Bonchev–Trinajstić information content (AvgIpc) is 2.86. The van der Waals surface area contributed by atoms with Crippen LogP contribution in [-0.2, 0) is 4.79 Å². The van der Waals surface area contributed by atoms with Gasteiger partial charge in [0.05, 0.1) is 11.6 Å². The molecule has 1 fully saturated rings. The Morgan fingerprint density at radius 3 is 2.50 bits per heavy atom. The normalized spacial score (nSPS) is 13.1. The highest BCUT2D eigenvalue weighted by Gasteiger charge is 2.30. The number of anilines is 4. The summed E-state index contributed by atoms with van der Waals surface area (Å²) in [5.41, 5.74) is 5.04. The number of carbonyl (C=O) groups excluding carboxylic acids is 1. The maximum atomic E-state index is 11.7. The van der Waals surface area contributed by atoms with Gasteiger partial charge in [-0.05, 0) is 48.0 Å². The highest BCUT2D eigenvalue weighted by Crippen LogP contribution is 2.30. The molecule has 4 N–H and O–H groups in total. The van der Waals surface area contributed by atoms with Crippen LogP contribution >= 0.6 is 0 Å². The molecule has 180 valence electrons. The zero-order valence-corrected chi connectivity index (χ0v) is 19.3. The molecule has 2 amide bonds. The van der Waals surface area contributed by atoms with E-state index in [-0.39, 0.29) is 11.9 Å². The molecule has 0 spiro atoms. The van der Waals surface area contributed by atoms with Crippen LogP contribution in [0.15, 0.2) is 85.6 Å². The van der Waals surface area contributed by atoms with E-state index in [1.54, 1.807) is 6.20 Å². The van der Waals surface area contributed by atoms with Crippen molar-refractivity contribution in [1.29, 1.82) is 0 Å². The fraction of sp³-hybridized carbons (Fsp3) is 0.111. The Kier molecular flexibility index (Phi) is 6.19. The van der Waals surface area contributed by atoms with Crippen LogP contribution in [0.5, 0.6) is 0 Å². The molecule has 0 bridgehead atoms. The minimum absolute atomic E-state index is 0.116. The Bertz CT molecular complexity index is 1450. The van der Waals surface area contributed by atoms with Gasteiger partial charge in [-0.2, -0.15) is 0 Å². The number of carboxylic acid groups (broad SMARTS) is 1. The highest BCUT2D eigenvalue weighted by atomic mass is 16.4. The molecule has 1 aliphatic rings. The average molecular weight is 481 g/mol. The van der Waals surface area contributed by atoms with Gasteiger partial charge in [-0.15, -0.1) is 0 Å². The SMILES string of the molecule is C=CC(=O)Nc1cccc(-c2cccc3cnc(Nc4ccc(NC5CN(C(=O)O)C5)cc4)nc23)c1. The third kappa shape index (κ3) is 4.95. The lowest BCUT2D eigenvalue weighted by molar-refractivity contribution is -0.111. The summed E-state index contributed by atoms with van der Waals surface area (Å²) in [4.78, 5) is 33.2. The molecule has 0 saturated carbocycles. The second kappa shape index (κ2) is 9.75. The molecule has 9 heteroatoms. The maximum absolute atomic E-state index is 11.7. The van der Waals surface area contributed by atoms with Crippen molar-refractivity contribution in [3.8, 4) is 11.1 Å². The summed E-state index contributed by atoms with van der Waals surface area (Å²) in [5.74, 6) is 0.192. The van der Waals surface area contributed by atoms with Gasteiger partial charge in [0.25, 0.3) is 0 Å². The van der Waals surface area contributed by atoms with Crippen LogP contribution in [0.25, 0.3) is 22.0 Å². The second-order valence-corrected chi connectivity index (χ2v) is 8.44. The number of benzene rings is 3. The summed E-state index contributed by atoms with van der Waals surface area (Å²) in [6.07, 6.45) is 2.12. The maximum Gasteiger partial charge on any atom is 0.407 e. The molecule has 5 rings (SSSR count). The first-order chi connectivity index (χ1) is 17.5. The zero-order valence-electron chi connectivity index (χ0n) is 19.3. The van der Waals surface area contributed by atoms with Crippen LogP contribution in [0.1, 0.15) is 0 Å². The van der Waals surface area contributed by atoms with Gasteiger partial charge in [0.1, 0.15) is 0 Å². The van der Waals surface area contributed by atoms with E-state index in [0.717, 1.165) is 33.4 Å². The number of likely N-dealkylation sites (tertiary alicyclic amines) is 1. The van der Waals surface area contributed by atoms with E-state index < -0.39 is 6.09 Å². The first-order valence-electron chi connectivity index (χ1n) is 11.4. The fourth-order valence-corrected chi connectivity index (χ4v) is 4.05. The van der Waals surface area contributed by atoms with Crippen LogP contribution in [0.4, 0.5) is 27.8 Å². The van der Waals surface area contributed by atoms with Crippen molar-refractivity contribution in [3.63, 3.8) is 0 Å². The summed E-state index contributed by atoms with van der Waals surface area (Å²) in [5, 5.41) is 19.2. The number of nitrogens with zero attached hydrogens (tertiary/aromatic N) is 3. The summed E-state index contributed by atoms with van der Waals surface area (Å²) in [6.45, 7) is 4.45. The van der Waals surface area contributed by atoms with Crippen molar-refractivity contribution in [3.05, 3.63) is 85.6 Å². The number of nitrogens with one attached hydrogen (secondary N) is 3. The van der Waals surface area contributed by atoms with Crippen molar-refractivity contribution < 1.29 is 14.7 Å². The number of amides is 2. The highest BCUT2D eigenvalue weighted by molar-refractivity contribution is 6.00. The van der Waals surface area contributed by atoms with E-state index in [4.69, 9.17) is 10.1 Å². The Morgan fingerprint density at radius 1 is 1.00 bits per heavy atom. The topological polar surface area (TPSA) is 119 Å². The predicted molar refractivity (Wildman–Crippen MR) is 141 cm³/mol. The van der Waals surface area contributed by atoms with Crippen molar-refractivity contribution in [2.45, 2.75) is 6.04 Å². The number of hydrogen-bond acceptors (Lipinski definition) is 6. The smallest absolute Gasteiger partial charge is 0.407 e. The molecule has 0 unspecified atom stereocenters. The molecular weight excluding hydrogens is 456 g/mol. The van der Waals surface area contributed by atoms with E-state index in [9.17, 15) is 9.59 Å². The van der Waals surface area contributed by atoms with E-state index in [0.29, 0.717) is 24.7 Å². The van der Waals surface area contributed by atoms with Gasteiger partial charge >= 0.3 is 6.09 Å². The first-order valence-corrected chi connectivity index (χ1v) is 11.4. The minimum atomic E-state index is -0.890. The third-order valence-corrected chi connectivity index (χ3v) is 5.90. The summed E-state index contributed by atoms with van der Waals surface area (Å²) in [7, 11) is 0. The predicted octanol–water partition coefficient (Wildman–Crippen LogP) is 4.94. The largest absolute Gasteiger partial charge is 0.465 e. The lowest BCUT2D eigenvalue weighted by Gasteiger charge is -2.37. The molecule has 2 heterocycles. The Labute approximate surface area is 207 Å². The molecule has 1 aromatic heterocycles. The van der Waals surface area contributed by atoms with Gasteiger partial charge in [-0.25, -0.2) is 14.8 Å². The number of carbonyl (C=O) groups is 2. The van der Waals surface area contributed by atoms with E-state index in [1.165, 1.54) is 11.0 Å². The molecule has 36 heavy (non-hydrogen) atoms. The van der Waals surface area contributed by atoms with Crippen molar-refractivity contribution >= 4 is 45.9 Å². The molecule has 1 saturated heterocycles. The quantitative estimate of drug-likeness (QED) is 0.277. The first kappa shape index (κ1) is 22.9. The standard InChI is InChI=1S/C27H24N6O3/c1-2-24(34)30-21-7-3-5-17(13-21)23-8-4-6-18-14-28-26(32-25(18)23)31-20-11-9-19(10-12-20)29-22-15-33(16-22)27(35)36/h2-14,22,29H,1,15-16H2,(H,30,34)(H,35,36)(H,28,31,32). The van der Waals surface area contributed by atoms with Crippen LogP contribution in [0.3, 0.4) is 0 Å². The van der Waals surface area contributed by atoms with Crippen molar-refractivity contribution in [2.24, 2.45) is 0 Å². The van der Waals surface area contributed by atoms with E-state index in [2.05, 4.69) is 27.5 Å². The van der Waals surface area contributed by atoms with Crippen molar-refractivity contribution in [1.82, 2.24) is 14.9 Å². The van der Waals surface area contributed by atoms with Crippen molar-refractivity contribution in [2.75, 3.05) is 29.0 Å². The lowest BCUT2D eigenvalue weighted by Crippen LogP contribution is -2.56. The van der Waals surface area contributed by atoms with Crippen LogP contribution in [0.2, 0.25) is 0 Å². The second-order valence-electron chi connectivity index (χ2n) is 8.44. The van der Waals surface area contributed by atoms with Crippen LogP contribution < -0.4 is 16.0 Å². The Morgan fingerprint density at radius 2 is 1.75 bits per heavy atom. The zero-order chi connectivity index (χ0) is 25.1. The third-order valence-electron chi connectivity index (χ3n) is 5.90. The van der Waals surface area contributed by atoms with E-state index in [1.807, 2.05) is 66.7 Å². The van der Waals surface area contributed by atoms with Crippen LogP contribution in [0, 0.1) is 0 Å². The Balaban J connectivity index is 1.33. The number of aromatic nitrogens is 2. The number of fused-ring (bicyclic) bond motifs is 1. The van der Waals surface area contributed by atoms with Gasteiger partial charge in [0, 0.05) is 47.3 Å². The minimum Gasteiger partial charge on any atom is -0.465 e. The number of hydrogen-bond donors (Lipinski definition) is 4. The molecule has 0 radical (unpaired) electrons. The van der Waals surface area contributed by atoms with Gasteiger partial charge in [0.15, 0.2) is 0 Å². The summed E-state index contributed by atoms with van der Waals surface area (Å²) in [6, 6.07) is 21.3. The number of para-hydroxylation sites is 1. The lowest BCUT2D eigenvalue weighted by atomic mass is 10.0. The molecule has 3 aromatic carbocycles. The fourth-order valence-electron chi connectivity index (χ4n) is 4.05. The molecule has 1 aliphatic heterocycles. The molecule has 0 aliphatic carbocycles. The Hall–Kier alpha value is -4.92. The number of rotatable bonds is 7. The van der Waals surface area contributed by atoms with Crippen LogP contribution in [-0.4, -0.2) is 51.1 Å². The molecule has 9 nitrogen and oxygen atoms in total. The molecule has 0 atom stereocenters. The molecule has 4 aromatic rings. The van der Waals surface area contributed by atoms with Gasteiger partial charge in [-0.3, -0.25) is 4.79 Å². The monoisotopic (exact) mass is 480 g/mol. The molecular formula is C27H24N6O3. The van der Waals surface area contributed by atoms with Gasteiger partial charge in [-0.1, -0.05) is 36.9 Å². The summed E-state index contributed by atoms with van der Waals surface area (Å²) < 4.78 is 0. The van der Waals surface area contributed by atoms with Gasteiger partial charge < -0.3 is 26.0 Å². The summed E-state index contributed by atoms with van der Waals surface area (Å²) >= 11 is 0. The van der Waals surface area contributed by atoms with Gasteiger partial charge in [0.2, 0.25) is 11.9 Å². The van der Waals surface area contributed by atoms with E-state index >= 15 is 0 Å².